The van der Waals surface area contributed by atoms with Crippen LogP contribution in [0.25, 0.3) is 0 Å². The molecule has 0 saturated carbocycles. The van der Waals surface area contributed by atoms with Gasteiger partial charge in [-0.05, 0) is 58.7 Å². The molecule has 6 heteroatoms. The topological polar surface area (TPSA) is 38.3 Å². The average Bonchev–Trinajstić information content (AvgIpc) is 2.47. The summed E-state index contributed by atoms with van der Waals surface area (Å²) >= 11 is 6.56. The number of halogens is 3. The minimum Gasteiger partial charge on any atom is -0.483 e. The van der Waals surface area contributed by atoms with Gasteiger partial charge in [0.05, 0.1) is 10.5 Å². The van der Waals surface area contributed by atoms with Crippen molar-refractivity contribution in [2.45, 2.75) is 13.0 Å². The molecule has 0 aliphatic heterocycles. The minimum atomic E-state index is -0.368. The molecule has 1 atom stereocenters. The number of amides is 1. The van der Waals surface area contributed by atoms with E-state index in [1.54, 1.807) is 0 Å². The summed E-state index contributed by atoms with van der Waals surface area (Å²) < 4.78 is 19.8. The first kappa shape index (κ1) is 17.0. The Bertz CT molecular complexity index is 662. The molecule has 0 heterocycles. The third-order valence-corrected chi connectivity index (χ3v) is 4.15. The Morgan fingerprint density at radius 1 is 1.23 bits per heavy atom. The highest BCUT2D eigenvalue weighted by molar-refractivity contribution is 9.10. The van der Waals surface area contributed by atoms with Crippen molar-refractivity contribution in [2.24, 2.45) is 0 Å². The van der Waals surface area contributed by atoms with E-state index in [2.05, 4.69) is 37.2 Å². The molecule has 0 spiro atoms. The summed E-state index contributed by atoms with van der Waals surface area (Å²) in [6.45, 7) is 1.76. The van der Waals surface area contributed by atoms with E-state index in [1.807, 2.05) is 31.2 Å². The smallest absolute Gasteiger partial charge is 0.258 e. The van der Waals surface area contributed by atoms with E-state index in [0.717, 1.165) is 10.0 Å². The molecule has 116 valence electrons. The first-order valence-corrected chi connectivity index (χ1v) is 8.17. The van der Waals surface area contributed by atoms with Crippen LogP contribution in [-0.4, -0.2) is 12.5 Å². The van der Waals surface area contributed by atoms with Crippen LogP contribution in [0.5, 0.6) is 5.75 Å². The Morgan fingerprint density at radius 3 is 2.55 bits per heavy atom. The van der Waals surface area contributed by atoms with Gasteiger partial charge < -0.3 is 10.1 Å². The van der Waals surface area contributed by atoms with Crippen molar-refractivity contribution in [1.29, 1.82) is 0 Å². The molecule has 1 amide bonds. The molecular weight excluding hydrogens is 417 g/mol. The van der Waals surface area contributed by atoms with E-state index in [9.17, 15) is 9.18 Å². The monoisotopic (exact) mass is 429 g/mol. The van der Waals surface area contributed by atoms with E-state index in [1.165, 1.54) is 18.2 Å². The second-order valence-electron chi connectivity index (χ2n) is 4.70. The number of ether oxygens (including phenoxy) is 1. The van der Waals surface area contributed by atoms with Gasteiger partial charge in [-0.15, -0.1) is 0 Å². The summed E-state index contributed by atoms with van der Waals surface area (Å²) in [4.78, 5) is 11.9. The van der Waals surface area contributed by atoms with Crippen molar-refractivity contribution in [1.82, 2.24) is 5.32 Å². The fraction of sp³-hybridized carbons (Fsp3) is 0.188. The summed E-state index contributed by atoms with van der Waals surface area (Å²) in [6.07, 6.45) is 0. The first-order chi connectivity index (χ1) is 10.5. The van der Waals surface area contributed by atoms with Gasteiger partial charge in [0.15, 0.2) is 6.61 Å². The fourth-order valence-corrected chi connectivity index (χ4v) is 2.58. The van der Waals surface area contributed by atoms with Gasteiger partial charge in [-0.1, -0.05) is 28.1 Å². The van der Waals surface area contributed by atoms with Crippen LogP contribution in [0.3, 0.4) is 0 Å². The Kier molecular flexibility index (Phi) is 5.97. The highest BCUT2D eigenvalue weighted by atomic mass is 79.9. The van der Waals surface area contributed by atoms with Crippen LogP contribution in [0.4, 0.5) is 4.39 Å². The van der Waals surface area contributed by atoms with E-state index in [4.69, 9.17) is 4.74 Å². The van der Waals surface area contributed by atoms with Crippen molar-refractivity contribution in [3.8, 4) is 5.75 Å². The number of carbonyl (C=O) groups is 1. The van der Waals surface area contributed by atoms with E-state index in [0.29, 0.717) is 10.2 Å². The van der Waals surface area contributed by atoms with Crippen LogP contribution in [0, 0.1) is 5.82 Å². The van der Waals surface area contributed by atoms with Gasteiger partial charge in [0.2, 0.25) is 0 Å². The SMILES string of the molecule is CC(NC(=O)COc1ccc(F)cc1Br)c1ccc(Br)cc1. The van der Waals surface area contributed by atoms with E-state index < -0.39 is 0 Å². The van der Waals surface area contributed by atoms with Crippen LogP contribution in [0.2, 0.25) is 0 Å². The third kappa shape index (κ3) is 4.81. The Balaban J connectivity index is 1.88. The van der Waals surface area contributed by atoms with Gasteiger partial charge in [-0.3, -0.25) is 4.79 Å². The lowest BCUT2D eigenvalue weighted by atomic mass is 10.1. The fourth-order valence-electron chi connectivity index (χ4n) is 1.85. The molecule has 0 aliphatic rings. The molecule has 3 nitrogen and oxygen atoms in total. The third-order valence-electron chi connectivity index (χ3n) is 3.00. The zero-order valence-electron chi connectivity index (χ0n) is 11.8. The summed E-state index contributed by atoms with van der Waals surface area (Å²) in [7, 11) is 0. The molecular formula is C16H14Br2FNO2. The molecule has 2 aromatic rings. The van der Waals surface area contributed by atoms with Gasteiger partial charge >= 0.3 is 0 Å². The van der Waals surface area contributed by atoms with Gasteiger partial charge in [0, 0.05) is 4.47 Å². The van der Waals surface area contributed by atoms with Crippen molar-refractivity contribution in [3.63, 3.8) is 0 Å². The van der Waals surface area contributed by atoms with Crippen molar-refractivity contribution in [2.75, 3.05) is 6.61 Å². The zero-order chi connectivity index (χ0) is 16.1. The Hall–Kier alpha value is -1.40. The van der Waals surface area contributed by atoms with Gasteiger partial charge in [0.1, 0.15) is 11.6 Å². The maximum atomic E-state index is 13.0. The van der Waals surface area contributed by atoms with Crippen molar-refractivity contribution < 1.29 is 13.9 Å². The Morgan fingerprint density at radius 2 is 1.91 bits per heavy atom. The van der Waals surface area contributed by atoms with E-state index >= 15 is 0 Å². The lowest BCUT2D eigenvalue weighted by Crippen LogP contribution is -2.31. The van der Waals surface area contributed by atoms with Crippen LogP contribution in [-0.2, 0) is 4.79 Å². The van der Waals surface area contributed by atoms with Crippen LogP contribution in [0.15, 0.2) is 51.4 Å². The highest BCUT2D eigenvalue weighted by Gasteiger charge is 2.11. The first-order valence-electron chi connectivity index (χ1n) is 6.58. The zero-order valence-corrected chi connectivity index (χ0v) is 14.9. The van der Waals surface area contributed by atoms with Gasteiger partial charge in [-0.25, -0.2) is 4.39 Å². The maximum absolute atomic E-state index is 13.0. The van der Waals surface area contributed by atoms with Crippen LogP contribution in [0.1, 0.15) is 18.5 Å². The molecule has 0 radical (unpaired) electrons. The minimum absolute atomic E-state index is 0.124. The van der Waals surface area contributed by atoms with E-state index in [-0.39, 0.29) is 24.4 Å². The van der Waals surface area contributed by atoms with Crippen LogP contribution >= 0.6 is 31.9 Å². The molecule has 0 fully saturated rings. The maximum Gasteiger partial charge on any atom is 0.258 e. The summed E-state index contributed by atoms with van der Waals surface area (Å²) in [6, 6.07) is 11.6. The predicted molar refractivity (Wildman–Crippen MR) is 90.3 cm³/mol. The average molecular weight is 431 g/mol. The summed E-state index contributed by atoms with van der Waals surface area (Å²) in [5.74, 6) is -0.188. The predicted octanol–water partition coefficient (Wildman–Crippen LogP) is 4.61. The lowest BCUT2D eigenvalue weighted by Gasteiger charge is -2.15. The number of benzene rings is 2. The molecule has 0 bridgehead atoms. The number of hydrogen-bond acceptors (Lipinski definition) is 2. The summed E-state index contributed by atoms with van der Waals surface area (Å²) in [5, 5.41) is 2.85. The highest BCUT2D eigenvalue weighted by Crippen LogP contribution is 2.25. The molecule has 0 aromatic heterocycles. The number of rotatable bonds is 5. The van der Waals surface area contributed by atoms with Crippen LogP contribution < -0.4 is 10.1 Å². The van der Waals surface area contributed by atoms with Gasteiger partial charge in [-0.2, -0.15) is 0 Å². The normalized spacial score (nSPS) is 11.8. The van der Waals surface area contributed by atoms with Gasteiger partial charge in [0.25, 0.3) is 5.91 Å². The molecule has 2 aromatic carbocycles. The second kappa shape index (κ2) is 7.74. The second-order valence-corrected chi connectivity index (χ2v) is 6.47. The molecule has 1 unspecified atom stereocenters. The molecule has 2 rings (SSSR count). The number of nitrogens with one attached hydrogen (secondary N) is 1. The van der Waals surface area contributed by atoms with Crippen molar-refractivity contribution >= 4 is 37.8 Å². The number of carbonyl (C=O) groups excluding carboxylic acids is 1. The molecule has 22 heavy (non-hydrogen) atoms. The molecule has 1 N–H and O–H groups in total. The summed E-state index contributed by atoms with van der Waals surface area (Å²) in [5.41, 5.74) is 1.000. The molecule has 0 aliphatic carbocycles. The largest absolute Gasteiger partial charge is 0.483 e. The standard InChI is InChI=1S/C16H14Br2FNO2/c1-10(11-2-4-12(17)5-3-11)20-16(21)9-22-15-7-6-13(19)8-14(15)18/h2-8,10H,9H2,1H3,(H,20,21). The quantitative estimate of drug-likeness (QED) is 0.752. The Labute approximate surface area is 145 Å². The van der Waals surface area contributed by atoms with Crippen molar-refractivity contribution in [3.05, 3.63) is 62.8 Å². The number of hydrogen-bond donors (Lipinski definition) is 1. The molecule has 0 saturated heterocycles. The lowest BCUT2D eigenvalue weighted by molar-refractivity contribution is -0.123.